The number of carbonyl (C=O) groups excluding carboxylic acids is 2. The number of hydrogen-bond acceptors (Lipinski definition) is 4. The summed E-state index contributed by atoms with van der Waals surface area (Å²) in [7, 11) is 4.56. The molecule has 0 heterocycles. The summed E-state index contributed by atoms with van der Waals surface area (Å²) < 4.78 is 32.2. The van der Waals surface area contributed by atoms with Crippen molar-refractivity contribution < 1.29 is 37.2 Å². The fraction of sp³-hybridized carbons (Fsp3) is 0.826. The molecular weight excluding hydrogens is 442 g/mol. The summed E-state index contributed by atoms with van der Waals surface area (Å²) in [5.41, 5.74) is 0.0454. The van der Waals surface area contributed by atoms with E-state index in [2.05, 4.69) is 19.1 Å². The Morgan fingerprint density at radius 3 is 1.69 bits per heavy atom. The predicted octanol–water partition coefficient (Wildman–Crippen LogP) is 5.16. The summed E-state index contributed by atoms with van der Waals surface area (Å²) in [6, 6.07) is 0. The van der Waals surface area contributed by atoms with Crippen LogP contribution in [0.1, 0.15) is 84.0 Å². The highest BCUT2D eigenvalue weighted by Gasteiger charge is 2.28. The third-order valence-electron chi connectivity index (χ3n) is 4.51. The third-order valence-corrected chi connectivity index (χ3v) is 5.97. The van der Waals surface area contributed by atoms with Crippen molar-refractivity contribution in [3.63, 3.8) is 0 Å². The van der Waals surface area contributed by atoms with Crippen LogP contribution in [-0.4, -0.2) is 60.9 Å². The van der Waals surface area contributed by atoms with Crippen LogP contribution in [0.25, 0.3) is 0 Å². The second-order valence-electron chi connectivity index (χ2n) is 8.98. The second-order valence-corrected chi connectivity index (χ2v) is 10.7. The topological polar surface area (TPSA) is 77.4 Å². The first-order valence-electron chi connectivity index (χ1n) is 11.5. The summed E-state index contributed by atoms with van der Waals surface area (Å²) in [6.07, 6.45) is 15.3. The molecule has 0 saturated carbocycles. The Morgan fingerprint density at radius 1 is 0.875 bits per heavy atom. The number of carboxylic acid groups (broad SMARTS) is 1. The molecule has 0 amide bonds. The molecule has 0 radical (unpaired) electrons. The van der Waals surface area contributed by atoms with Gasteiger partial charge in [-0.2, -0.15) is 13.2 Å². The van der Waals surface area contributed by atoms with Gasteiger partial charge < -0.3 is 19.3 Å². The van der Waals surface area contributed by atoms with Crippen molar-refractivity contribution in [1.82, 2.24) is 0 Å². The van der Waals surface area contributed by atoms with Crippen molar-refractivity contribution in [2.45, 2.75) is 90.1 Å². The molecule has 1 unspecified atom stereocenters. The van der Waals surface area contributed by atoms with Gasteiger partial charge in [-0.3, -0.25) is 4.79 Å². The fourth-order valence-electron chi connectivity index (χ4n) is 2.77. The molecule has 0 saturated heterocycles. The van der Waals surface area contributed by atoms with Crippen LogP contribution < -0.4 is 5.11 Å². The average Bonchev–Trinajstić information content (AvgIpc) is 2.66. The van der Waals surface area contributed by atoms with E-state index < -0.39 is 20.3 Å². The molecule has 0 aromatic carbocycles. The van der Waals surface area contributed by atoms with Crippen LogP contribution >= 0.6 is 8.15 Å². The molecule has 0 aromatic heterocycles. The molecule has 0 spiro atoms. The SMILES string of the molecule is CCCCCCC=CCCCCCCCCP(O)C(=O)C[N+](C)(C)C.O=C([O-])C(F)(F)F. The molecule has 5 nitrogen and oxygen atoms in total. The number of halogens is 3. The maximum Gasteiger partial charge on any atom is 0.430 e. The lowest BCUT2D eigenvalue weighted by Crippen LogP contribution is -2.39. The summed E-state index contributed by atoms with van der Waals surface area (Å²) >= 11 is 0. The first-order chi connectivity index (χ1) is 14.8. The molecular formula is C23H43F3NO4P. The fourth-order valence-corrected chi connectivity index (χ4v) is 4.13. The first-order valence-corrected chi connectivity index (χ1v) is 13.0. The highest BCUT2D eigenvalue weighted by molar-refractivity contribution is 7.69. The van der Waals surface area contributed by atoms with Gasteiger partial charge in [0.1, 0.15) is 20.7 Å². The van der Waals surface area contributed by atoms with E-state index in [1.165, 1.54) is 64.2 Å². The van der Waals surface area contributed by atoms with Gasteiger partial charge in [0.25, 0.3) is 0 Å². The summed E-state index contributed by atoms with van der Waals surface area (Å²) in [5.74, 6) is -3.01. The quantitative estimate of drug-likeness (QED) is 0.134. The van der Waals surface area contributed by atoms with Crippen molar-refractivity contribution in [2.75, 3.05) is 33.8 Å². The van der Waals surface area contributed by atoms with Crippen molar-refractivity contribution in [2.24, 2.45) is 0 Å². The van der Waals surface area contributed by atoms with Gasteiger partial charge in [0.15, 0.2) is 0 Å². The van der Waals surface area contributed by atoms with Gasteiger partial charge in [-0.25, -0.2) is 0 Å². The standard InChI is InChI=1S/C21H43NO2P.C2HF3O2/c1-5-6-7-8-9-10-11-12-13-14-15-16-17-18-19-25(24)21(23)20-22(2,3)4;3-2(4,5)1(6)7/h10-11,24H,5-9,12-20H2,1-4H3;(H,6,7)/q+1;/p-1. The normalized spacial score (nSPS) is 13.0. The smallest absolute Gasteiger partial charge is 0.430 e. The minimum absolute atomic E-state index is 0.0454. The number of quaternary nitrogens is 1. The number of unbranched alkanes of at least 4 members (excludes halogenated alkanes) is 10. The van der Waals surface area contributed by atoms with Gasteiger partial charge in [0.2, 0.25) is 5.52 Å². The van der Waals surface area contributed by atoms with Gasteiger partial charge in [0.05, 0.1) is 21.1 Å². The van der Waals surface area contributed by atoms with E-state index in [0.717, 1.165) is 12.8 Å². The van der Waals surface area contributed by atoms with Gasteiger partial charge in [-0.05, 0) is 38.3 Å². The molecule has 0 aliphatic rings. The number of allylic oxidation sites excluding steroid dienone is 2. The van der Waals surface area contributed by atoms with Crippen molar-refractivity contribution in [3.05, 3.63) is 12.2 Å². The third kappa shape index (κ3) is 25.3. The van der Waals surface area contributed by atoms with Crippen LogP contribution in [-0.2, 0) is 9.59 Å². The molecule has 32 heavy (non-hydrogen) atoms. The summed E-state index contributed by atoms with van der Waals surface area (Å²) in [5, 5.41) is 8.78. The maximum atomic E-state index is 11.9. The molecule has 0 bridgehead atoms. The molecule has 1 atom stereocenters. The van der Waals surface area contributed by atoms with E-state index in [9.17, 15) is 22.9 Å². The Hall–Kier alpha value is -0.980. The highest BCUT2D eigenvalue weighted by Crippen LogP contribution is 2.33. The molecule has 0 aliphatic carbocycles. The zero-order valence-electron chi connectivity index (χ0n) is 20.3. The summed E-state index contributed by atoms with van der Waals surface area (Å²) in [6.45, 7) is 2.69. The zero-order chi connectivity index (χ0) is 25.0. The van der Waals surface area contributed by atoms with E-state index in [1.807, 2.05) is 21.1 Å². The van der Waals surface area contributed by atoms with E-state index >= 15 is 0 Å². The number of carbonyl (C=O) groups is 2. The molecule has 0 fully saturated rings. The Labute approximate surface area is 193 Å². The largest absolute Gasteiger partial charge is 0.542 e. The minimum atomic E-state index is -5.19. The van der Waals surface area contributed by atoms with Gasteiger partial charge >= 0.3 is 6.18 Å². The number of alkyl halides is 3. The molecule has 190 valence electrons. The lowest BCUT2D eigenvalue weighted by Gasteiger charge is -2.23. The van der Waals surface area contributed by atoms with Crippen LogP contribution in [0.5, 0.6) is 0 Å². The van der Waals surface area contributed by atoms with Crippen molar-refractivity contribution in [1.29, 1.82) is 0 Å². The van der Waals surface area contributed by atoms with E-state index in [1.54, 1.807) is 0 Å². The second kappa shape index (κ2) is 19.5. The van der Waals surface area contributed by atoms with E-state index in [-0.39, 0.29) is 5.52 Å². The number of rotatable bonds is 17. The monoisotopic (exact) mass is 485 g/mol. The average molecular weight is 486 g/mol. The van der Waals surface area contributed by atoms with E-state index in [4.69, 9.17) is 9.90 Å². The Bertz CT molecular complexity index is 520. The van der Waals surface area contributed by atoms with Gasteiger partial charge in [0, 0.05) is 0 Å². The molecule has 0 aliphatic heterocycles. The number of aliphatic carboxylic acids is 1. The van der Waals surface area contributed by atoms with Gasteiger partial charge in [-0.1, -0.05) is 64.0 Å². The predicted molar refractivity (Wildman–Crippen MR) is 123 cm³/mol. The van der Waals surface area contributed by atoms with Gasteiger partial charge in [-0.15, -0.1) is 0 Å². The van der Waals surface area contributed by atoms with Crippen molar-refractivity contribution >= 4 is 19.6 Å². The first kappa shape index (κ1) is 33.2. The van der Waals surface area contributed by atoms with Crippen LogP contribution in [0, 0.1) is 0 Å². The van der Waals surface area contributed by atoms with Crippen LogP contribution in [0.2, 0.25) is 0 Å². The molecule has 0 rings (SSSR count). The summed E-state index contributed by atoms with van der Waals surface area (Å²) in [4.78, 5) is 30.6. The van der Waals surface area contributed by atoms with Crippen molar-refractivity contribution in [3.8, 4) is 0 Å². The lowest BCUT2D eigenvalue weighted by molar-refractivity contribution is -0.861. The number of carboxylic acids is 1. The van der Waals surface area contributed by atoms with Crippen LogP contribution in [0.4, 0.5) is 13.2 Å². The number of likely N-dealkylation sites (N-methyl/N-ethyl adjacent to an activating group) is 1. The molecule has 1 N–H and O–H groups in total. The van der Waals surface area contributed by atoms with Crippen LogP contribution in [0.15, 0.2) is 12.2 Å². The number of hydrogen-bond donors (Lipinski definition) is 1. The lowest BCUT2D eigenvalue weighted by atomic mass is 10.1. The Kier molecular flexibility index (Phi) is 20.2. The Morgan fingerprint density at radius 2 is 1.28 bits per heavy atom. The van der Waals surface area contributed by atoms with Crippen LogP contribution in [0.3, 0.4) is 0 Å². The Balaban J connectivity index is 0. The minimum Gasteiger partial charge on any atom is -0.542 e. The van der Waals surface area contributed by atoms with E-state index in [0.29, 0.717) is 17.2 Å². The number of nitrogens with zero attached hydrogens (tertiary/aromatic N) is 1. The zero-order valence-corrected chi connectivity index (χ0v) is 21.1. The molecule has 0 aromatic rings. The maximum absolute atomic E-state index is 11.9. The molecule has 9 heteroatoms. The highest BCUT2D eigenvalue weighted by atomic mass is 31.1.